The summed E-state index contributed by atoms with van der Waals surface area (Å²) in [5.74, 6) is -3.71. The van der Waals surface area contributed by atoms with Gasteiger partial charge in [-0.2, -0.15) is 25.4 Å². The van der Waals surface area contributed by atoms with E-state index in [0.29, 0.717) is 73.4 Å². The van der Waals surface area contributed by atoms with Crippen LogP contribution in [-0.4, -0.2) is 148 Å². The number of hydrogen-bond donors (Lipinski definition) is 5. The van der Waals surface area contributed by atoms with Crippen LogP contribution in [0.25, 0.3) is 78.1 Å². The molecule has 0 spiro atoms. The van der Waals surface area contributed by atoms with Gasteiger partial charge in [-0.05, 0) is 82.0 Å². The van der Waals surface area contributed by atoms with Crippen molar-refractivity contribution in [2.75, 3.05) is 23.7 Å². The van der Waals surface area contributed by atoms with Crippen molar-refractivity contribution in [3.63, 3.8) is 0 Å². The van der Waals surface area contributed by atoms with Crippen LogP contribution in [0.15, 0.2) is 125 Å². The van der Waals surface area contributed by atoms with Crippen molar-refractivity contribution in [3.8, 4) is 45.2 Å². The number of imidazole rings is 1. The number of carbonyl (C=O) groups is 6. The molecule has 28 nitrogen and oxygen atoms in total. The first-order valence-corrected chi connectivity index (χ1v) is 27.0. The normalized spacial score (nSPS) is 16.7. The highest BCUT2D eigenvalue weighted by molar-refractivity contribution is 6.07. The van der Waals surface area contributed by atoms with Crippen LogP contribution in [-0.2, 0) is 38.8 Å². The number of aromatic amines is 1. The second-order valence-electron chi connectivity index (χ2n) is 20.8. The molecule has 30 heteroatoms. The number of carbonyl (C=O) groups excluding carboxylic acids is 6. The Morgan fingerprint density at radius 3 is 1.93 bits per heavy atom. The van der Waals surface area contributed by atoms with Crippen molar-refractivity contribution in [2.45, 2.75) is 63.8 Å². The molecule has 9 heterocycles. The predicted octanol–water partition coefficient (Wildman–Crippen LogP) is 3.88. The molecule has 4 unspecified atom stereocenters. The molecule has 0 bridgehead atoms. The van der Waals surface area contributed by atoms with Crippen LogP contribution in [0.4, 0.5) is 20.3 Å². The molecule has 11 aromatic rings. The molecule has 7 N–H and O–H groups in total. The van der Waals surface area contributed by atoms with Gasteiger partial charge in [0.15, 0.2) is 30.0 Å². The second kappa shape index (κ2) is 22.2. The number of anilines is 2. The van der Waals surface area contributed by atoms with E-state index in [4.69, 9.17) is 25.6 Å². The highest BCUT2D eigenvalue weighted by Gasteiger charge is 2.42. The van der Waals surface area contributed by atoms with Crippen LogP contribution >= 0.6 is 0 Å². The second-order valence-corrected chi connectivity index (χ2v) is 20.8. The minimum absolute atomic E-state index is 0.0527. The smallest absolute Gasteiger partial charge is 0.284 e. The number of hydrogen-bond acceptors (Lipinski definition) is 18. The molecule has 13 rings (SSSR count). The zero-order chi connectivity index (χ0) is 60.2. The number of H-pyrrole nitrogens is 1. The van der Waals surface area contributed by atoms with E-state index in [-0.39, 0.29) is 54.7 Å². The van der Waals surface area contributed by atoms with Gasteiger partial charge in [-0.1, -0.05) is 46.2 Å². The third kappa shape index (κ3) is 10.6. The van der Waals surface area contributed by atoms with Gasteiger partial charge in [0.2, 0.25) is 35.1 Å². The molecule has 2 saturated heterocycles. The maximum absolute atomic E-state index is 15.2. The summed E-state index contributed by atoms with van der Waals surface area (Å²) in [4.78, 5) is 95.1. The van der Waals surface area contributed by atoms with Crippen molar-refractivity contribution < 1.29 is 51.4 Å². The minimum atomic E-state index is -1.52. The summed E-state index contributed by atoms with van der Waals surface area (Å²) in [6, 6.07) is 24.3. The summed E-state index contributed by atoms with van der Waals surface area (Å²) in [7, 11) is 0. The number of aryl methyl sites for hydroxylation is 1. The van der Waals surface area contributed by atoms with Gasteiger partial charge >= 0.3 is 0 Å². The van der Waals surface area contributed by atoms with Crippen LogP contribution < -0.4 is 26.8 Å². The van der Waals surface area contributed by atoms with Crippen molar-refractivity contribution in [3.05, 3.63) is 139 Å². The fourth-order valence-electron chi connectivity index (χ4n) is 11.0. The lowest BCUT2D eigenvalue weighted by Gasteiger charge is -2.23. The molecule has 2 aliphatic rings. The van der Waals surface area contributed by atoms with Crippen molar-refractivity contribution in [1.82, 2.24) is 75.1 Å². The van der Waals surface area contributed by atoms with Gasteiger partial charge in [0.1, 0.15) is 55.1 Å². The molecular formula is C57H47F2N20O8+. The molecule has 0 saturated carbocycles. The number of amides is 6. The van der Waals surface area contributed by atoms with Crippen LogP contribution in [0.1, 0.15) is 45.2 Å². The van der Waals surface area contributed by atoms with Crippen LogP contribution in [0.2, 0.25) is 0 Å². The number of likely N-dealkylation sites (tertiary alicyclic amines) is 2. The Morgan fingerprint density at radius 1 is 0.690 bits per heavy atom. The first-order valence-electron chi connectivity index (χ1n) is 27.0. The number of aromatic nitrogens is 14. The molecular weight excluding hydrogens is 1130 g/mol. The third-order valence-corrected chi connectivity index (χ3v) is 15.1. The van der Waals surface area contributed by atoms with E-state index in [1.165, 1.54) is 20.5 Å². The van der Waals surface area contributed by atoms with Gasteiger partial charge in [0, 0.05) is 51.9 Å². The number of nitrogens with zero attached hydrogens (tertiary/aromatic N) is 15. The number of alkyl halides is 2. The number of fused-ring (bicyclic) bond motifs is 3. The predicted molar refractivity (Wildman–Crippen MR) is 301 cm³/mol. The quantitative estimate of drug-likeness (QED) is 0.0857. The summed E-state index contributed by atoms with van der Waals surface area (Å²) in [5, 5.41) is 38.3. The fourth-order valence-corrected chi connectivity index (χ4v) is 11.0. The topological polar surface area (TPSA) is 370 Å². The van der Waals surface area contributed by atoms with Gasteiger partial charge in [0.05, 0.1) is 47.7 Å². The van der Waals surface area contributed by atoms with Crippen LogP contribution in [0, 0.1) is 6.92 Å². The Kier molecular flexibility index (Phi) is 13.9. The number of benzene rings is 4. The highest BCUT2D eigenvalue weighted by Crippen LogP contribution is 2.33. The molecule has 87 heavy (non-hydrogen) atoms. The van der Waals surface area contributed by atoms with Crippen molar-refractivity contribution in [1.29, 1.82) is 0 Å². The van der Waals surface area contributed by atoms with E-state index in [2.05, 4.69) is 61.6 Å². The van der Waals surface area contributed by atoms with Crippen LogP contribution in [0.5, 0.6) is 0 Å². The Balaban J connectivity index is 0.667. The standard InChI is InChI=1S/C57H46F2N20O8/c1-28-65-57(86-72-28)50-54(74-87-73-50)69-56(85)44-20-36(59)25-77(44)46(81)27-79-42-11-9-31(18-38(42)48(71-79)52(61)83)34-13-15-75(64-22-34)23-29-4-2-5-32(16-29)53-66-39-6-3-7-40(49(39)68-53)67-55(84)43-19-35(58)24-76(43)45(80)26-78-41-10-8-30(33-12-14-62-63-21-33)17-37(41)47(70-78)51(60)82/h2-18,21-22,35-36,43-44,64H,19-20,23-27H2,1H3,(H5,60,61,69,74,82,83,85)/p+1. The number of rotatable bonds is 16. The Hall–Kier alpha value is -11.6. The van der Waals surface area contributed by atoms with Gasteiger partial charge < -0.3 is 41.4 Å². The lowest BCUT2D eigenvalue weighted by molar-refractivity contribution is -0.746. The van der Waals surface area contributed by atoms with Gasteiger partial charge in [-0.25, -0.2) is 18.4 Å². The van der Waals surface area contributed by atoms with E-state index in [0.717, 1.165) is 21.6 Å². The largest absolute Gasteiger partial charge is 0.364 e. The number of para-hydroxylation sites is 1. The minimum Gasteiger partial charge on any atom is -0.364 e. The first-order chi connectivity index (χ1) is 42.1. The Bertz CT molecular complexity index is 4560. The average Bonchev–Trinajstić information content (AvgIpc) is 1.89. The van der Waals surface area contributed by atoms with E-state index < -0.39 is 73.0 Å². The van der Waals surface area contributed by atoms with E-state index in [1.807, 2.05) is 30.3 Å². The monoisotopic (exact) mass is 1180 g/mol. The van der Waals surface area contributed by atoms with Crippen LogP contribution in [0.3, 0.4) is 0 Å². The lowest BCUT2D eigenvalue weighted by Crippen LogP contribution is -2.44. The van der Waals surface area contributed by atoms with E-state index in [9.17, 15) is 33.2 Å². The molecule has 0 radical (unpaired) electrons. The summed E-state index contributed by atoms with van der Waals surface area (Å²) in [6.45, 7) is 0.377. The number of halogens is 2. The molecule has 2 aliphatic heterocycles. The Morgan fingerprint density at radius 2 is 1.33 bits per heavy atom. The maximum Gasteiger partial charge on any atom is 0.284 e. The van der Waals surface area contributed by atoms with E-state index >= 15 is 4.39 Å². The molecule has 436 valence electrons. The fraction of sp³-hybridized carbons (Fsp3) is 0.211. The zero-order valence-electron chi connectivity index (χ0n) is 45.6. The number of primary amides is 2. The molecule has 7 aromatic heterocycles. The summed E-state index contributed by atoms with van der Waals surface area (Å²) in [5.41, 5.74) is 17.9. The lowest BCUT2D eigenvalue weighted by atomic mass is 10.0. The third-order valence-electron chi connectivity index (χ3n) is 15.1. The summed E-state index contributed by atoms with van der Waals surface area (Å²) in [6.07, 6.45) is 3.00. The number of nitrogens with two attached hydrogens (primary N) is 2. The summed E-state index contributed by atoms with van der Waals surface area (Å²) >= 11 is 0. The Labute approximate surface area is 487 Å². The molecule has 6 amide bonds. The molecule has 2 fully saturated rings. The van der Waals surface area contributed by atoms with Gasteiger partial charge in [0.25, 0.3) is 17.7 Å². The van der Waals surface area contributed by atoms with Gasteiger partial charge in [-0.3, -0.25) is 38.1 Å². The molecule has 4 aromatic carbocycles. The SMILES string of the molecule is Cc1noc(-c2nonc2NC(=O)C2CC(F)CN2C(=O)Cn2nc(C(N)=O)c3cc(-c4cc[n+](Cc5cccc(-c6nc7c(NC(=O)C8CC(F)CN8C(=O)Cn8nc(C(N)=O)c9cc(-c%10ccnnc%10)ccc98)cccc7[nH]6)c5)nc4)ccc32)n1. The average molecular weight is 1180 g/mol. The number of nitrogens with one attached hydrogen (secondary N) is 3. The maximum atomic E-state index is 15.2. The van der Waals surface area contributed by atoms with E-state index in [1.54, 1.807) is 90.9 Å². The highest BCUT2D eigenvalue weighted by atomic mass is 19.1. The molecule has 4 atom stereocenters. The zero-order valence-corrected chi connectivity index (χ0v) is 45.6. The first kappa shape index (κ1) is 54.6. The van der Waals surface area contributed by atoms with Crippen molar-refractivity contribution in [2.24, 2.45) is 11.5 Å². The van der Waals surface area contributed by atoms with Crippen molar-refractivity contribution >= 4 is 79.8 Å². The summed E-state index contributed by atoms with van der Waals surface area (Å²) < 4.78 is 44.3. The molecule has 0 aliphatic carbocycles. The van der Waals surface area contributed by atoms with Gasteiger partial charge in [-0.15, -0.1) is 0 Å².